The van der Waals surface area contributed by atoms with Crippen LogP contribution in [0, 0.1) is 11.6 Å². The molecule has 26 heavy (non-hydrogen) atoms. The Labute approximate surface area is 161 Å². The molecule has 0 aliphatic rings. The number of urea groups is 1. The standard InChI is InChI=1S/C17H12BrClF2N4O/c18-12-9-25(8-10-3-1-2-4-14(10)20)24-16(12)23-17(26)22-11-5-6-15(21)13(19)7-11/h1-7,9H,8H2,(H2,22,23,24,26). The van der Waals surface area contributed by atoms with Gasteiger partial charge in [-0.05, 0) is 40.2 Å². The van der Waals surface area contributed by atoms with Crippen LogP contribution < -0.4 is 10.6 Å². The molecule has 1 aromatic heterocycles. The van der Waals surface area contributed by atoms with Crippen molar-refractivity contribution in [2.45, 2.75) is 6.54 Å². The number of hydrogen-bond acceptors (Lipinski definition) is 2. The number of amides is 2. The van der Waals surface area contributed by atoms with Gasteiger partial charge in [0, 0.05) is 17.4 Å². The fourth-order valence-corrected chi connectivity index (χ4v) is 2.80. The SMILES string of the molecule is O=C(Nc1ccc(F)c(Cl)c1)Nc1nn(Cc2ccccc2F)cc1Br. The fourth-order valence-electron chi connectivity index (χ4n) is 2.21. The summed E-state index contributed by atoms with van der Waals surface area (Å²) in [7, 11) is 0. The first-order valence-electron chi connectivity index (χ1n) is 7.42. The molecule has 2 N–H and O–H groups in total. The first-order chi connectivity index (χ1) is 12.4. The zero-order valence-corrected chi connectivity index (χ0v) is 15.5. The summed E-state index contributed by atoms with van der Waals surface area (Å²) in [5, 5.41) is 9.18. The lowest BCUT2D eigenvalue weighted by molar-refractivity contribution is 0.262. The monoisotopic (exact) mass is 440 g/mol. The number of aromatic nitrogens is 2. The molecule has 1 heterocycles. The van der Waals surface area contributed by atoms with Crippen LogP contribution in [-0.4, -0.2) is 15.8 Å². The van der Waals surface area contributed by atoms with Crippen LogP contribution in [0.3, 0.4) is 0 Å². The van der Waals surface area contributed by atoms with Gasteiger partial charge >= 0.3 is 6.03 Å². The van der Waals surface area contributed by atoms with Crippen molar-refractivity contribution >= 4 is 45.1 Å². The molecule has 3 rings (SSSR count). The molecule has 5 nitrogen and oxygen atoms in total. The van der Waals surface area contributed by atoms with Gasteiger partial charge in [0.2, 0.25) is 0 Å². The van der Waals surface area contributed by atoms with Crippen LogP contribution in [0.2, 0.25) is 5.02 Å². The minimum Gasteiger partial charge on any atom is -0.308 e. The van der Waals surface area contributed by atoms with Crippen LogP contribution in [0.1, 0.15) is 5.56 Å². The van der Waals surface area contributed by atoms with E-state index in [9.17, 15) is 13.6 Å². The Morgan fingerprint density at radius 1 is 1.15 bits per heavy atom. The van der Waals surface area contributed by atoms with Crippen molar-refractivity contribution in [1.29, 1.82) is 0 Å². The number of anilines is 2. The normalized spacial score (nSPS) is 10.6. The maximum absolute atomic E-state index is 13.7. The van der Waals surface area contributed by atoms with Gasteiger partial charge in [0.15, 0.2) is 5.82 Å². The molecular formula is C17H12BrClF2N4O. The third-order valence-corrected chi connectivity index (χ3v) is 4.29. The third-order valence-electron chi connectivity index (χ3n) is 3.42. The van der Waals surface area contributed by atoms with E-state index in [1.807, 2.05) is 0 Å². The van der Waals surface area contributed by atoms with Gasteiger partial charge in [-0.1, -0.05) is 29.8 Å². The van der Waals surface area contributed by atoms with Crippen LogP contribution in [0.4, 0.5) is 25.1 Å². The number of rotatable bonds is 4. The zero-order valence-electron chi connectivity index (χ0n) is 13.1. The average Bonchev–Trinajstić information content (AvgIpc) is 2.92. The molecule has 0 bridgehead atoms. The quantitative estimate of drug-likeness (QED) is 0.579. The van der Waals surface area contributed by atoms with Crippen LogP contribution in [0.15, 0.2) is 53.1 Å². The summed E-state index contributed by atoms with van der Waals surface area (Å²) < 4.78 is 28.9. The molecular weight excluding hydrogens is 430 g/mol. The Hall–Kier alpha value is -2.45. The van der Waals surface area contributed by atoms with Gasteiger partial charge in [-0.25, -0.2) is 13.6 Å². The van der Waals surface area contributed by atoms with Gasteiger partial charge in [-0.2, -0.15) is 5.10 Å². The van der Waals surface area contributed by atoms with Crippen molar-refractivity contribution in [3.8, 4) is 0 Å². The molecule has 0 saturated carbocycles. The average molecular weight is 442 g/mol. The lowest BCUT2D eigenvalue weighted by atomic mass is 10.2. The molecule has 0 fully saturated rings. The second kappa shape index (κ2) is 7.84. The van der Waals surface area contributed by atoms with Crippen molar-refractivity contribution in [1.82, 2.24) is 9.78 Å². The van der Waals surface area contributed by atoms with E-state index in [0.717, 1.165) is 6.07 Å². The van der Waals surface area contributed by atoms with E-state index in [0.29, 0.717) is 15.7 Å². The number of carbonyl (C=O) groups excluding carboxylic acids is 1. The second-order valence-electron chi connectivity index (χ2n) is 5.32. The maximum atomic E-state index is 13.7. The number of halogens is 4. The highest BCUT2D eigenvalue weighted by Crippen LogP contribution is 2.23. The minimum absolute atomic E-state index is 0.0989. The number of carbonyl (C=O) groups is 1. The Kier molecular flexibility index (Phi) is 5.53. The van der Waals surface area contributed by atoms with Crippen molar-refractivity contribution in [2.24, 2.45) is 0 Å². The van der Waals surface area contributed by atoms with Gasteiger partial charge in [0.05, 0.1) is 16.0 Å². The molecule has 2 aromatic carbocycles. The van der Waals surface area contributed by atoms with Crippen LogP contribution in [0.25, 0.3) is 0 Å². The number of nitrogens with zero attached hydrogens (tertiary/aromatic N) is 2. The zero-order chi connectivity index (χ0) is 18.7. The molecule has 0 atom stereocenters. The lowest BCUT2D eigenvalue weighted by Gasteiger charge is -2.07. The number of benzene rings is 2. The summed E-state index contributed by atoms with van der Waals surface area (Å²) in [4.78, 5) is 12.1. The summed E-state index contributed by atoms with van der Waals surface area (Å²) in [5.74, 6) is -0.654. The summed E-state index contributed by atoms with van der Waals surface area (Å²) in [5.41, 5.74) is 0.801. The number of nitrogens with one attached hydrogen (secondary N) is 2. The van der Waals surface area contributed by atoms with Crippen molar-refractivity contribution in [2.75, 3.05) is 10.6 Å². The summed E-state index contributed by atoms with van der Waals surface area (Å²) >= 11 is 8.97. The van der Waals surface area contributed by atoms with Crippen LogP contribution >= 0.6 is 27.5 Å². The molecule has 0 radical (unpaired) electrons. The molecule has 0 spiro atoms. The van der Waals surface area contributed by atoms with Crippen molar-refractivity contribution < 1.29 is 13.6 Å². The van der Waals surface area contributed by atoms with E-state index < -0.39 is 11.8 Å². The van der Waals surface area contributed by atoms with Crippen molar-refractivity contribution in [3.05, 3.63) is 75.4 Å². The molecule has 0 aliphatic carbocycles. The predicted octanol–water partition coefficient (Wildman–Crippen LogP) is 5.27. The Bertz CT molecular complexity index is 964. The highest BCUT2D eigenvalue weighted by molar-refractivity contribution is 9.10. The lowest BCUT2D eigenvalue weighted by Crippen LogP contribution is -2.20. The minimum atomic E-state index is -0.579. The third kappa shape index (κ3) is 4.39. The van der Waals surface area contributed by atoms with Crippen molar-refractivity contribution in [3.63, 3.8) is 0 Å². The molecule has 0 aliphatic heterocycles. The second-order valence-corrected chi connectivity index (χ2v) is 6.58. The van der Waals surface area contributed by atoms with Gasteiger partial charge in [-0.3, -0.25) is 10.00 Å². The Morgan fingerprint density at radius 3 is 2.65 bits per heavy atom. The van der Waals surface area contributed by atoms with E-state index in [2.05, 4.69) is 31.7 Å². The maximum Gasteiger partial charge on any atom is 0.324 e. The van der Waals surface area contributed by atoms with E-state index >= 15 is 0 Å². The predicted molar refractivity (Wildman–Crippen MR) is 99.5 cm³/mol. The molecule has 0 saturated heterocycles. The van der Waals surface area contributed by atoms with E-state index in [-0.39, 0.29) is 23.2 Å². The van der Waals surface area contributed by atoms with Gasteiger partial charge in [0.1, 0.15) is 11.6 Å². The molecule has 134 valence electrons. The first-order valence-corrected chi connectivity index (χ1v) is 8.59. The van der Waals surface area contributed by atoms with Crippen LogP contribution in [-0.2, 0) is 6.54 Å². The Morgan fingerprint density at radius 2 is 1.92 bits per heavy atom. The van der Waals surface area contributed by atoms with Crippen LogP contribution in [0.5, 0.6) is 0 Å². The molecule has 3 aromatic rings. The topological polar surface area (TPSA) is 59.0 Å². The number of hydrogen-bond donors (Lipinski definition) is 2. The Balaban J connectivity index is 1.68. The summed E-state index contributed by atoms with van der Waals surface area (Å²) in [6.07, 6.45) is 1.62. The molecule has 9 heteroatoms. The van der Waals surface area contributed by atoms with E-state index in [1.54, 1.807) is 24.4 Å². The van der Waals surface area contributed by atoms with Gasteiger partial charge < -0.3 is 5.32 Å². The highest BCUT2D eigenvalue weighted by Gasteiger charge is 2.12. The molecule has 2 amide bonds. The smallest absolute Gasteiger partial charge is 0.308 e. The molecule has 0 unspecified atom stereocenters. The summed E-state index contributed by atoms with van der Waals surface area (Å²) in [6.45, 7) is 0.210. The highest BCUT2D eigenvalue weighted by atomic mass is 79.9. The van der Waals surface area contributed by atoms with Gasteiger partial charge in [-0.15, -0.1) is 0 Å². The first kappa shape index (κ1) is 18.3. The fraction of sp³-hybridized carbons (Fsp3) is 0.0588. The largest absolute Gasteiger partial charge is 0.324 e. The van der Waals surface area contributed by atoms with E-state index in [4.69, 9.17) is 11.6 Å². The summed E-state index contributed by atoms with van der Waals surface area (Å²) in [6, 6.07) is 9.61. The van der Waals surface area contributed by atoms with Gasteiger partial charge in [0.25, 0.3) is 0 Å². The van der Waals surface area contributed by atoms with E-state index in [1.165, 1.54) is 22.9 Å².